The highest BCUT2D eigenvalue weighted by molar-refractivity contribution is 5.17. The van der Waals surface area contributed by atoms with Gasteiger partial charge in [-0.25, -0.2) is 0 Å². The Morgan fingerprint density at radius 2 is 1.84 bits per heavy atom. The predicted molar refractivity (Wildman–Crippen MR) is 67.0 cm³/mol. The van der Waals surface area contributed by atoms with Crippen molar-refractivity contribution in [1.29, 1.82) is 0 Å². The molecule has 0 aliphatic heterocycles. The number of nitrogens with two attached hydrogens (primary N) is 1. The third-order valence-electron chi connectivity index (χ3n) is 3.29. The zero-order valence-electron chi connectivity index (χ0n) is 11.5. The number of hydrogen-bond acceptors (Lipinski definition) is 4. The Morgan fingerprint density at radius 1 is 1.32 bits per heavy atom. The Bertz CT molecular complexity index is 306. The Kier molecular flexibility index (Phi) is 6.82. The first kappa shape index (κ1) is 18.2. The summed E-state index contributed by atoms with van der Waals surface area (Å²) >= 11 is 0. The second-order valence-corrected chi connectivity index (χ2v) is 5.06. The summed E-state index contributed by atoms with van der Waals surface area (Å²) in [5, 5.41) is 20.3. The van der Waals surface area contributed by atoms with Crippen LogP contribution in [0, 0.1) is 11.8 Å². The predicted octanol–water partition coefficient (Wildman–Crippen LogP) is 1.34. The van der Waals surface area contributed by atoms with Crippen LogP contribution in [0.25, 0.3) is 0 Å². The number of hydrogen-bond donors (Lipinski definition) is 4. The van der Waals surface area contributed by atoms with Gasteiger partial charge in [0.05, 0.1) is 6.73 Å². The standard InChI is InChI=1S/C12H23F3N2O2/c1-8(2)9(3)4-5-10(16)11(19,6-17-7-18)12(13,14)15/h5,8-9,17-19H,4,6-7,16H2,1-3H3/b10-5-/t9?,11-/m1/s1. The minimum Gasteiger partial charge on any atom is -0.400 e. The first-order valence-corrected chi connectivity index (χ1v) is 6.13. The summed E-state index contributed by atoms with van der Waals surface area (Å²) in [4.78, 5) is 0. The van der Waals surface area contributed by atoms with E-state index in [-0.39, 0.29) is 5.92 Å². The van der Waals surface area contributed by atoms with Gasteiger partial charge in [0, 0.05) is 12.2 Å². The molecule has 0 spiro atoms. The molecule has 0 aromatic carbocycles. The van der Waals surface area contributed by atoms with Gasteiger partial charge in [0.1, 0.15) is 0 Å². The fourth-order valence-electron chi connectivity index (χ4n) is 1.36. The van der Waals surface area contributed by atoms with E-state index in [0.717, 1.165) is 0 Å². The van der Waals surface area contributed by atoms with E-state index in [9.17, 15) is 18.3 Å². The molecule has 0 radical (unpaired) electrons. The first-order chi connectivity index (χ1) is 8.56. The van der Waals surface area contributed by atoms with Crippen LogP contribution in [0.3, 0.4) is 0 Å². The Hall–Kier alpha value is -0.790. The quantitative estimate of drug-likeness (QED) is 0.532. The summed E-state index contributed by atoms with van der Waals surface area (Å²) in [6.45, 7) is 4.25. The molecule has 0 fully saturated rings. The molecular weight excluding hydrogens is 261 g/mol. The third kappa shape index (κ3) is 5.00. The van der Waals surface area contributed by atoms with Gasteiger partial charge >= 0.3 is 6.18 Å². The van der Waals surface area contributed by atoms with E-state index in [0.29, 0.717) is 12.3 Å². The summed E-state index contributed by atoms with van der Waals surface area (Å²) < 4.78 is 38.6. The van der Waals surface area contributed by atoms with E-state index in [1.165, 1.54) is 6.08 Å². The summed E-state index contributed by atoms with van der Waals surface area (Å²) in [6, 6.07) is 0. The first-order valence-electron chi connectivity index (χ1n) is 6.13. The lowest BCUT2D eigenvalue weighted by Gasteiger charge is -2.31. The molecule has 2 atom stereocenters. The van der Waals surface area contributed by atoms with Gasteiger partial charge in [-0.2, -0.15) is 13.2 Å². The Morgan fingerprint density at radius 3 is 2.21 bits per heavy atom. The van der Waals surface area contributed by atoms with Crippen LogP contribution in [-0.2, 0) is 0 Å². The number of aliphatic hydroxyl groups is 2. The number of alkyl halides is 3. The van der Waals surface area contributed by atoms with Gasteiger partial charge < -0.3 is 15.9 Å². The van der Waals surface area contributed by atoms with Crippen LogP contribution in [0.4, 0.5) is 13.2 Å². The lowest BCUT2D eigenvalue weighted by Crippen LogP contribution is -2.56. The molecule has 0 aliphatic rings. The SMILES string of the molecule is CC(C)C(C)C/C=C(\N)[C@](O)(CNCO)C(F)(F)F. The summed E-state index contributed by atoms with van der Waals surface area (Å²) in [5.41, 5.74) is 1.59. The Labute approximate surface area is 111 Å². The van der Waals surface area contributed by atoms with Crippen LogP contribution >= 0.6 is 0 Å². The van der Waals surface area contributed by atoms with Crippen LogP contribution in [0.1, 0.15) is 27.2 Å². The molecule has 0 saturated carbocycles. The van der Waals surface area contributed by atoms with Gasteiger partial charge in [0.25, 0.3) is 0 Å². The molecule has 0 bridgehead atoms. The van der Waals surface area contributed by atoms with Gasteiger partial charge in [-0.1, -0.05) is 26.8 Å². The Balaban J connectivity index is 5.01. The lowest BCUT2D eigenvalue weighted by molar-refractivity contribution is -0.243. The van der Waals surface area contributed by atoms with Crippen molar-refractivity contribution in [2.75, 3.05) is 13.3 Å². The lowest BCUT2D eigenvalue weighted by atomic mass is 9.91. The largest absolute Gasteiger partial charge is 0.424 e. The number of nitrogens with one attached hydrogen (secondary N) is 1. The third-order valence-corrected chi connectivity index (χ3v) is 3.29. The van der Waals surface area contributed by atoms with Crippen molar-refractivity contribution in [3.05, 3.63) is 11.8 Å². The molecule has 0 rings (SSSR count). The summed E-state index contributed by atoms with van der Waals surface area (Å²) in [6.07, 6.45) is -3.35. The molecule has 0 aromatic rings. The smallest absolute Gasteiger partial charge is 0.400 e. The normalized spacial score (nSPS) is 18.5. The van der Waals surface area contributed by atoms with E-state index >= 15 is 0 Å². The molecule has 0 aromatic heterocycles. The summed E-state index contributed by atoms with van der Waals surface area (Å²) in [5.74, 6) is 0.459. The van der Waals surface area contributed by atoms with Gasteiger partial charge in [-0.05, 0) is 18.3 Å². The highest BCUT2D eigenvalue weighted by Gasteiger charge is 2.55. The van der Waals surface area contributed by atoms with Crippen molar-refractivity contribution in [1.82, 2.24) is 5.32 Å². The second kappa shape index (κ2) is 7.12. The van der Waals surface area contributed by atoms with Crippen molar-refractivity contribution in [2.45, 2.75) is 39.0 Å². The number of aliphatic hydroxyl groups excluding tert-OH is 1. The second-order valence-electron chi connectivity index (χ2n) is 5.06. The highest BCUT2D eigenvalue weighted by atomic mass is 19.4. The van der Waals surface area contributed by atoms with Crippen LogP contribution < -0.4 is 11.1 Å². The molecule has 1 unspecified atom stereocenters. The van der Waals surface area contributed by atoms with E-state index in [4.69, 9.17) is 10.8 Å². The minimum absolute atomic E-state index is 0.154. The number of rotatable bonds is 7. The zero-order valence-corrected chi connectivity index (χ0v) is 11.5. The van der Waals surface area contributed by atoms with Crippen molar-refractivity contribution in [3.63, 3.8) is 0 Å². The number of allylic oxidation sites excluding steroid dienone is 1. The topological polar surface area (TPSA) is 78.5 Å². The fourth-order valence-corrected chi connectivity index (χ4v) is 1.36. The fraction of sp³-hybridized carbons (Fsp3) is 0.833. The van der Waals surface area contributed by atoms with Gasteiger partial charge in [0.2, 0.25) is 5.60 Å². The van der Waals surface area contributed by atoms with Gasteiger partial charge in [0.15, 0.2) is 0 Å². The average Bonchev–Trinajstić information content (AvgIpc) is 2.30. The molecule has 0 amide bonds. The molecule has 7 heteroatoms. The van der Waals surface area contributed by atoms with Crippen molar-refractivity contribution in [3.8, 4) is 0 Å². The molecule has 0 saturated heterocycles. The van der Waals surface area contributed by atoms with Crippen LogP contribution in [0.2, 0.25) is 0 Å². The molecule has 0 heterocycles. The van der Waals surface area contributed by atoms with Gasteiger partial charge in [-0.3, -0.25) is 5.32 Å². The van der Waals surface area contributed by atoms with E-state index in [2.05, 4.69) is 5.32 Å². The highest BCUT2D eigenvalue weighted by Crippen LogP contribution is 2.34. The maximum Gasteiger partial charge on any atom is 0.424 e. The average molecular weight is 284 g/mol. The van der Waals surface area contributed by atoms with Crippen LogP contribution in [0.5, 0.6) is 0 Å². The van der Waals surface area contributed by atoms with Crippen molar-refractivity contribution in [2.24, 2.45) is 17.6 Å². The van der Waals surface area contributed by atoms with E-state index < -0.39 is 30.7 Å². The molecule has 114 valence electrons. The van der Waals surface area contributed by atoms with Crippen LogP contribution in [-0.4, -0.2) is 35.3 Å². The summed E-state index contributed by atoms with van der Waals surface area (Å²) in [7, 11) is 0. The monoisotopic (exact) mass is 284 g/mol. The molecule has 19 heavy (non-hydrogen) atoms. The van der Waals surface area contributed by atoms with Crippen molar-refractivity contribution >= 4 is 0 Å². The number of halogens is 3. The molecular formula is C12H23F3N2O2. The van der Waals surface area contributed by atoms with E-state index in [1.807, 2.05) is 20.8 Å². The van der Waals surface area contributed by atoms with Crippen molar-refractivity contribution < 1.29 is 23.4 Å². The molecule has 0 aliphatic carbocycles. The maximum atomic E-state index is 12.9. The van der Waals surface area contributed by atoms with Crippen LogP contribution in [0.15, 0.2) is 11.8 Å². The van der Waals surface area contributed by atoms with E-state index in [1.54, 1.807) is 0 Å². The zero-order chi connectivity index (χ0) is 15.3. The van der Waals surface area contributed by atoms with Gasteiger partial charge in [-0.15, -0.1) is 0 Å². The molecule has 4 nitrogen and oxygen atoms in total. The maximum absolute atomic E-state index is 12.9. The minimum atomic E-state index is -4.91. The molecule has 5 N–H and O–H groups in total.